The molecule has 1 aliphatic rings. The van der Waals surface area contributed by atoms with Gasteiger partial charge < -0.3 is 4.90 Å². The fraction of sp³-hybridized carbons (Fsp3) is 0.333. The molecule has 0 radical (unpaired) electrons. The van der Waals surface area contributed by atoms with Crippen molar-refractivity contribution in [1.82, 2.24) is 24.6 Å². The average molecular weight is 508 g/mol. The highest BCUT2D eigenvalue weighted by Crippen LogP contribution is 2.29. The lowest BCUT2D eigenvalue weighted by atomic mass is 10.1. The average Bonchev–Trinajstić information content (AvgIpc) is 3.43. The number of hydrogen-bond donors (Lipinski definition) is 0. The number of carbonyl (C=O) groups is 1. The molecule has 0 fully saturated rings. The molecule has 4 aromatic rings. The van der Waals surface area contributed by atoms with Gasteiger partial charge in [0.25, 0.3) is 0 Å². The van der Waals surface area contributed by atoms with E-state index in [0.717, 1.165) is 25.0 Å². The zero-order chi connectivity index (χ0) is 25.2. The molecule has 6 nitrogen and oxygen atoms in total. The summed E-state index contributed by atoms with van der Waals surface area (Å²) in [5.74, 6) is 0.506. The Balaban J connectivity index is 1.37. The highest BCUT2D eigenvalue weighted by molar-refractivity contribution is 7.11. The van der Waals surface area contributed by atoms with Gasteiger partial charge in [-0.05, 0) is 55.0 Å². The van der Waals surface area contributed by atoms with Crippen molar-refractivity contribution in [3.05, 3.63) is 75.7 Å². The van der Waals surface area contributed by atoms with Gasteiger partial charge in [0.15, 0.2) is 11.6 Å². The Morgan fingerprint density at radius 3 is 2.28 bits per heavy atom. The molecule has 0 saturated heterocycles. The molecule has 3 heterocycles. The third-order valence-corrected chi connectivity index (χ3v) is 7.96. The lowest BCUT2D eigenvalue weighted by Gasteiger charge is -2.20. The van der Waals surface area contributed by atoms with Crippen LogP contribution in [0.5, 0.6) is 0 Å². The van der Waals surface area contributed by atoms with Gasteiger partial charge in [0, 0.05) is 47.9 Å². The second kappa shape index (κ2) is 10.3. The normalized spacial score (nSPS) is 14.4. The van der Waals surface area contributed by atoms with Crippen molar-refractivity contribution in [2.24, 2.45) is 0 Å². The first-order valence-electron chi connectivity index (χ1n) is 12.1. The number of thiazole rings is 1. The second-order valence-corrected chi connectivity index (χ2v) is 10.2. The van der Waals surface area contributed by atoms with Crippen molar-refractivity contribution < 1.29 is 13.6 Å². The molecule has 1 atom stereocenters. The highest BCUT2D eigenvalue weighted by atomic mass is 32.1. The van der Waals surface area contributed by atoms with Crippen LogP contribution < -0.4 is 0 Å². The number of rotatable bonds is 6. The molecule has 9 heteroatoms. The van der Waals surface area contributed by atoms with Crippen LogP contribution in [0.25, 0.3) is 22.8 Å². The van der Waals surface area contributed by atoms with Crippen molar-refractivity contribution in [3.63, 3.8) is 0 Å². The SMILES string of the molecule is CCC(C)c1nc2c(s1)CCN(C(=O)Cn1nc(-c3ccc(F)cc3)nc1-c1ccc(F)cc1)CC2. The van der Waals surface area contributed by atoms with Crippen LogP contribution in [0.4, 0.5) is 8.78 Å². The molecule has 0 bridgehead atoms. The molecule has 1 aliphatic heterocycles. The van der Waals surface area contributed by atoms with Gasteiger partial charge in [-0.1, -0.05) is 13.8 Å². The Morgan fingerprint density at radius 1 is 0.972 bits per heavy atom. The van der Waals surface area contributed by atoms with Crippen LogP contribution in [0, 0.1) is 11.6 Å². The van der Waals surface area contributed by atoms with E-state index < -0.39 is 0 Å². The Labute approximate surface area is 212 Å². The molecule has 36 heavy (non-hydrogen) atoms. The quantitative estimate of drug-likeness (QED) is 0.346. The topological polar surface area (TPSA) is 63.9 Å². The fourth-order valence-corrected chi connectivity index (χ4v) is 5.47. The Hall–Kier alpha value is -3.46. The van der Waals surface area contributed by atoms with E-state index in [9.17, 15) is 13.6 Å². The minimum absolute atomic E-state index is 0.0000998. The maximum atomic E-state index is 13.5. The van der Waals surface area contributed by atoms with Crippen molar-refractivity contribution in [3.8, 4) is 22.8 Å². The summed E-state index contributed by atoms with van der Waals surface area (Å²) in [6.07, 6.45) is 2.58. The zero-order valence-electron chi connectivity index (χ0n) is 20.2. The first kappa shape index (κ1) is 24.2. The summed E-state index contributed by atoms with van der Waals surface area (Å²) in [5, 5.41) is 5.75. The van der Waals surface area contributed by atoms with E-state index in [-0.39, 0.29) is 24.1 Å². The number of nitrogens with zero attached hydrogens (tertiary/aromatic N) is 5. The van der Waals surface area contributed by atoms with Crippen molar-refractivity contribution in [1.29, 1.82) is 0 Å². The van der Waals surface area contributed by atoms with Gasteiger partial charge >= 0.3 is 0 Å². The maximum Gasteiger partial charge on any atom is 0.244 e. The minimum atomic E-state index is -0.359. The number of aromatic nitrogens is 4. The second-order valence-electron chi connectivity index (χ2n) is 9.04. The summed E-state index contributed by atoms with van der Waals surface area (Å²) in [6, 6.07) is 11.8. The largest absolute Gasteiger partial charge is 0.340 e. The molecule has 0 saturated carbocycles. The number of halogens is 2. The summed E-state index contributed by atoms with van der Waals surface area (Å²) >= 11 is 1.77. The van der Waals surface area contributed by atoms with Crippen LogP contribution in [0.2, 0.25) is 0 Å². The van der Waals surface area contributed by atoms with Gasteiger partial charge in [0.1, 0.15) is 18.2 Å². The first-order chi connectivity index (χ1) is 17.4. The minimum Gasteiger partial charge on any atom is -0.340 e. The van der Waals surface area contributed by atoms with Crippen molar-refractivity contribution >= 4 is 17.2 Å². The Kier molecular flexibility index (Phi) is 6.91. The lowest BCUT2D eigenvalue weighted by Crippen LogP contribution is -2.36. The number of amides is 1. The zero-order valence-corrected chi connectivity index (χ0v) is 21.1. The first-order valence-corrected chi connectivity index (χ1v) is 13.0. The smallest absolute Gasteiger partial charge is 0.244 e. The summed E-state index contributed by atoms with van der Waals surface area (Å²) in [7, 11) is 0. The van der Waals surface area contributed by atoms with E-state index in [2.05, 4.69) is 23.9 Å². The molecule has 0 spiro atoms. The molecule has 5 rings (SSSR count). The molecular weight excluding hydrogens is 480 g/mol. The molecule has 1 unspecified atom stereocenters. The van der Waals surface area contributed by atoms with E-state index in [1.807, 2.05) is 4.90 Å². The number of hydrogen-bond acceptors (Lipinski definition) is 5. The standard InChI is InChI=1S/C27H27F2N5OS/c1-3-17(2)27-30-22-12-14-33(15-13-23(22)36-27)24(35)16-34-26(19-6-10-21(29)11-7-19)31-25(32-34)18-4-8-20(28)9-5-18/h4-11,17H,3,12-16H2,1-2H3. The van der Waals surface area contributed by atoms with E-state index in [4.69, 9.17) is 4.98 Å². The molecule has 0 aliphatic carbocycles. The van der Waals surface area contributed by atoms with E-state index >= 15 is 0 Å². The molecule has 2 aromatic carbocycles. The predicted octanol–water partition coefficient (Wildman–Crippen LogP) is 5.49. The number of fused-ring (bicyclic) bond motifs is 1. The van der Waals surface area contributed by atoms with Crippen LogP contribution in [-0.4, -0.2) is 43.6 Å². The van der Waals surface area contributed by atoms with Crippen molar-refractivity contribution in [2.45, 2.75) is 45.6 Å². The van der Waals surface area contributed by atoms with Crippen LogP contribution in [-0.2, 0) is 24.2 Å². The summed E-state index contributed by atoms with van der Waals surface area (Å²) < 4.78 is 28.5. The van der Waals surface area contributed by atoms with Gasteiger partial charge in [-0.25, -0.2) is 23.4 Å². The highest BCUT2D eigenvalue weighted by Gasteiger charge is 2.24. The van der Waals surface area contributed by atoms with E-state index in [1.54, 1.807) is 40.3 Å². The Bertz CT molecular complexity index is 1340. The van der Waals surface area contributed by atoms with Gasteiger partial charge in [0.05, 0.1) is 10.7 Å². The monoisotopic (exact) mass is 507 g/mol. The molecule has 1 amide bonds. The summed E-state index contributed by atoms with van der Waals surface area (Å²) in [5.41, 5.74) is 2.38. The van der Waals surface area contributed by atoms with E-state index in [0.29, 0.717) is 41.8 Å². The van der Waals surface area contributed by atoms with Crippen LogP contribution >= 0.6 is 11.3 Å². The molecule has 186 valence electrons. The summed E-state index contributed by atoms with van der Waals surface area (Å²) in [4.78, 5) is 25.9. The van der Waals surface area contributed by atoms with E-state index in [1.165, 1.54) is 34.2 Å². The van der Waals surface area contributed by atoms with Gasteiger partial charge in [-0.3, -0.25) is 4.79 Å². The maximum absolute atomic E-state index is 13.5. The Morgan fingerprint density at radius 2 is 1.61 bits per heavy atom. The molecule has 0 N–H and O–H groups in total. The predicted molar refractivity (Wildman–Crippen MR) is 136 cm³/mol. The molecule has 2 aromatic heterocycles. The molecular formula is C27H27F2N5OS. The van der Waals surface area contributed by atoms with Crippen LogP contribution in [0.15, 0.2) is 48.5 Å². The number of benzene rings is 2. The lowest BCUT2D eigenvalue weighted by molar-refractivity contribution is -0.131. The number of carbonyl (C=O) groups excluding carboxylic acids is 1. The van der Waals surface area contributed by atoms with Crippen LogP contribution in [0.3, 0.4) is 0 Å². The summed E-state index contributed by atoms with van der Waals surface area (Å²) in [6.45, 7) is 5.59. The van der Waals surface area contributed by atoms with Gasteiger partial charge in [-0.2, -0.15) is 0 Å². The van der Waals surface area contributed by atoms with Crippen LogP contribution in [0.1, 0.15) is 41.8 Å². The fourth-order valence-electron chi connectivity index (χ4n) is 4.23. The third-order valence-electron chi connectivity index (χ3n) is 6.57. The van der Waals surface area contributed by atoms with Gasteiger partial charge in [0.2, 0.25) is 5.91 Å². The third kappa shape index (κ3) is 5.06. The van der Waals surface area contributed by atoms with Gasteiger partial charge in [-0.15, -0.1) is 16.4 Å². The van der Waals surface area contributed by atoms with Crippen molar-refractivity contribution in [2.75, 3.05) is 13.1 Å².